The van der Waals surface area contributed by atoms with Gasteiger partial charge in [-0.2, -0.15) is 5.10 Å². The molecule has 2 N–H and O–H groups in total. The number of esters is 1. The molecule has 2 aliphatic rings. The predicted molar refractivity (Wildman–Crippen MR) is 139 cm³/mol. The molecule has 1 aliphatic heterocycles. The van der Waals surface area contributed by atoms with Crippen LogP contribution in [0, 0.1) is 0 Å². The molecule has 0 unspecified atom stereocenters. The van der Waals surface area contributed by atoms with Crippen LogP contribution in [0.2, 0.25) is 0 Å². The summed E-state index contributed by atoms with van der Waals surface area (Å²) in [6, 6.07) is 7.52. The second-order valence-electron chi connectivity index (χ2n) is 9.59. The SMILES string of the molecule is O=C(O)CCCCCC(=O)N/N=C/c1ccc(CN2C(=O)CC/C=C/CCC(=O)O[C@H]3CCC[C@@H]32)cc1. The van der Waals surface area contributed by atoms with Gasteiger partial charge >= 0.3 is 11.9 Å². The quantitative estimate of drug-likeness (QED) is 0.160. The molecule has 2 atom stereocenters. The zero-order chi connectivity index (χ0) is 26.5. The summed E-state index contributed by atoms with van der Waals surface area (Å²) in [5.74, 6) is -1.17. The fourth-order valence-corrected chi connectivity index (χ4v) is 4.68. The Morgan fingerprint density at radius 1 is 1.03 bits per heavy atom. The van der Waals surface area contributed by atoms with Gasteiger partial charge in [-0.25, -0.2) is 5.43 Å². The third-order valence-corrected chi connectivity index (χ3v) is 6.66. The van der Waals surface area contributed by atoms with Crippen LogP contribution in [-0.2, 0) is 30.5 Å². The average Bonchev–Trinajstić information content (AvgIpc) is 3.31. The highest BCUT2D eigenvalue weighted by Crippen LogP contribution is 2.29. The molecule has 0 bridgehead atoms. The van der Waals surface area contributed by atoms with Crippen LogP contribution in [0.5, 0.6) is 0 Å². The first-order chi connectivity index (χ1) is 17.9. The number of aliphatic carboxylic acids is 1. The maximum Gasteiger partial charge on any atom is 0.306 e. The summed E-state index contributed by atoms with van der Waals surface area (Å²) in [4.78, 5) is 49.6. The number of carbonyl (C=O) groups excluding carboxylic acids is 3. The summed E-state index contributed by atoms with van der Waals surface area (Å²) in [5, 5.41) is 12.6. The number of allylic oxidation sites excluding steroid dienone is 2. The van der Waals surface area contributed by atoms with Gasteiger partial charge in [-0.3, -0.25) is 19.2 Å². The fraction of sp³-hybridized carbons (Fsp3) is 0.536. The fourth-order valence-electron chi connectivity index (χ4n) is 4.68. The molecule has 2 amide bonds. The number of unbranched alkanes of at least 4 members (excludes halogenated alkanes) is 2. The number of hydrogen-bond acceptors (Lipinski definition) is 6. The van der Waals surface area contributed by atoms with E-state index < -0.39 is 5.97 Å². The Morgan fingerprint density at radius 3 is 2.51 bits per heavy atom. The van der Waals surface area contributed by atoms with Crippen LogP contribution < -0.4 is 5.43 Å². The van der Waals surface area contributed by atoms with Gasteiger partial charge in [-0.05, 0) is 56.1 Å². The highest BCUT2D eigenvalue weighted by atomic mass is 16.5. The van der Waals surface area contributed by atoms with Crippen LogP contribution in [-0.4, -0.2) is 52.1 Å². The largest absolute Gasteiger partial charge is 0.481 e. The molecule has 3 rings (SSSR count). The molecule has 1 aromatic rings. The number of benzene rings is 1. The summed E-state index contributed by atoms with van der Waals surface area (Å²) in [7, 11) is 0. The van der Waals surface area contributed by atoms with Gasteiger partial charge in [0.05, 0.1) is 12.3 Å². The van der Waals surface area contributed by atoms with E-state index in [0.29, 0.717) is 57.9 Å². The monoisotopic (exact) mass is 511 g/mol. The van der Waals surface area contributed by atoms with Crippen molar-refractivity contribution in [3.63, 3.8) is 0 Å². The van der Waals surface area contributed by atoms with Crippen molar-refractivity contribution >= 4 is 30.0 Å². The maximum absolute atomic E-state index is 13.1. The van der Waals surface area contributed by atoms with Crippen molar-refractivity contribution in [3.8, 4) is 0 Å². The van der Waals surface area contributed by atoms with E-state index >= 15 is 0 Å². The lowest BCUT2D eigenvalue weighted by molar-refractivity contribution is -0.155. The summed E-state index contributed by atoms with van der Waals surface area (Å²) >= 11 is 0. The second kappa shape index (κ2) is 14.9. The molecule has 1 aliphatic carbocycles. The van der Waals surface area contributed by atoms with Gasteiger partial charge in [0, 0.05) is 32.2 Å². The number of nitrogens with zero attached hydrogens (tertiary/aromatic N) is 2. The Bertz CT molecular complexity index is 988. The van der Waals surface area contributed by atoms with Gasteiger partial charge in [-0.1, -0.05) is 42.8 Å². The predicted octanol–water partition coefficient (Wildman–Crippen LogP) is 4.09. The number of hydrogen-bond donors (Lipinski definition) is 2. The lowest BCUT2D eigenvalue weighted by Gasteiger charge is -2.33. The lowest BCUT2D eigenvalue weighted by Crippen LogP contribution is -2.45. The van der Waals surface area contributed by atoms with E-state index in [9.17, 15) is 19.2 Å². The van der Waals surface area contributed by atoms with Crippen LogP contribution in [0.25, 0.3) is 0 Å². The number of rotatable bonds is 10. The summed E-state index contributed by atoms with van der Waals surface area (Å²) < 4.78 is 5.75. The first-order valence-corrected chi connectivity index (χ1v) is 13.2. The molecule has 0 spiro atoms. The van der Waals surface area contributed by atoms with E-state index in [4.69, 9.17) is 9.84 Å². The van der Waals surface area contributed by atoms with E-state index in [1.165, 1.54) is 0 Å². The highest BCUT2D eigenvalue weighted by Gasteiger charge is 2.37. The first kappa shape index (κ1) is 28.1. The Balaban J connectivity index is 1.54. The normalized spacial score (nSPS) is 21.6. The van der Waals surface area contributed by atoms with Crippen molar-refractivity contribution < 1.29 is 29.0 Å². The van der Waals surface area contributed by atoms with Crippen molar-refractivity contribution in [2.75, 3.05) is 0 Å². The van der Waals surface area contributed by atoms with Crippen LogP contribution >= 0.6 is 0 Å². The Labute approximate surface area is 217 Å². The molecule has 9 nitrogen and oxygen atoms in total. The van der Waals surface area contributed by atoms with Crippen LogP contribution in [0.4, 0.5) is 0 Å². The Hall–Kier alpha value is -3.49. The number of amides is 2. The van der Waals surface area contributed by atoms with Gasteiger partial charge in [0.1, 0.15) is 6.10 Å². The van der Waals surface area contributed by atoms with Crippen molar-refractivity contribution in [2.45, 2.75) is 95.7 Å². The van der Waals surface area contributed by atoms with Gasteiger partial charge in [-0.15, -0.1) is 0 Å². The zero-order valence-corrected chi connectivity index (χ0v) is 21.3. The molecular formula is C28H37N3O6. The lowest BCUT2D eigenvalue weighted by atomic mass is 10.1. The van der Waals surface area contributed by atoms with E-state index in [0.717, 1.165) is 30.4 Å². The molecule has 0 saturated heterocycles. The number of carboxylic acid groups (broad SMARTS) is 1. The molecule has 1 saturated carbocycles. The molecule has 0 aromatic heterocycles. The minimum absolute atomic E-state index is 0.0643. The van der Waals surface area contributed by atoms with Crippen LogP contribution in [0.3, 0.4) is 0 Å². The van der Waals surface area contributed by atoms with Crippen molar-refractivity contribution in [2.24, 2.45) is 5.10 Å². The molecule has 0 radical (unpaired) electrons. The van der Waals surface area contributed by atoms with Crippen molar-refractivity contribution in [1.82, 2.24) is 10.3 Å². The maximum atomic E-state index is 13.1. The van der Waals surface area contributed by atoms with Crippen molar-refractivity contribution in [3.05, 3.63) is 47.5 Å². The molecule has 200 valence electrons. The highest BCUT2D eigenvalue weighted by molar-refractivity contribution is 5.82. The van der Waals surface area contributed by atoms with E-state index in [1.54, 1.807) is 6.21 Å². The zero-order valence-electron chi connectivity index (χ0n) is 21.3. The van der Waals surface area contributed by atoms with Crippen LogP contribution in [0.15, 0.2) is 41.5 Å². The van der Waals surface area contributed by atoms with E-state index in [1.807, 2.05) is 41.3 Å². The molecule has 37 heavy (non-hydrogen) atoms. The van der Waals surface area contributed by atoms with Gasteiger partial charge in [0.15, 0.2) is 0 Å². The number of carboxylic acids is 1. The summed E-state index contributed by atoms with van der Waals surface area (Å²) in [6.45, 7) is 0.442. The number of hydrazone groups is 1. The van der Waals surface area contributed by atoms with Crippen LogP contribution in [0.1, 0.15) is 88.2 Å². The molecular weight excluding hydrogens is 474 g/mol. The third-order valence-electron chi connectivity index (χ3n) is 6.66. The van der Waals surface area contributed by atoms with Gasteiger partial charge < -0.3 is 14.7 Å². The van der Waals surface area contributed by atoms with Gasteiger partial charge in [0.2, 0.25) is 11.8 Å². The molecule has 1 fully saturated rings. The molecule has 1 aromatic carbocycles. The standard InChI is InChI=1S/C28H37N3O6/c32-25(11-4-3-6-13-27(34)35)30-29-19-21-15-17-22(18-16-21)20-31-23-9-8-10-24(23)37-28(36)14-7-2-1-5-12-26(31)33/h1-2,15-19,23-24H,3-14,20H2,(H,30,32)(H,34,35)/b2-1+,29-19+/t23-,24-/m0/s1. The molecule has 1 heterocycles. The minimum atomic E-state index is -0.823. The van der Waals surface area contributed by atoms with Crippen molar-refractivity contribution in [1.29, 1.82) is 0 Å². The average molecular weight is 512 g/mol. The third kappa shape index (κ3) is 9.82. The summed E-state index contributed by atoms with van der Waals surface area (Å²) in [5.41, 5.74) is 4.27. The number of nitrogens with one attached hydrogen (secondary N) is 1. The first-order valence-electron chi connectivity index (χ1n) is 13.2. The minimum Gasteiger partial charge on any atom is -0.481 e. The Morgan fingerprint density at radius 2 is 1.76 bits per heavy atom. The van der Waals surface area contributed by atoms with E-state index in [2.05, 4.69) is 10.5 Å². The smallest absolute Gasteiger partial charge is 0.306 e. The summed E-state index contributed by atoms with van der Waals surface area (Å²) in [6.07, 6.45) is 12.1. The topological polar surface area (TPSA) is 125 Å². The number of fused-ring (bicyclic) bond motifs is 1. The number of ether oxygens (including phenoxy) is 1. The Kier molecular flexibility index (Phi) is 11.3. The molecule has 9 heteroatoms. The second-order valence-corrected chi connectivity index (χ2v) is 9.59. The number of carbonyl (C=O) groups is 4. The van der Waals surface area contributed by atoms with Gasteiger partial charge in [0.25, 0.3) is 0 Å². The van der Waals surface area contributed by atoms with E-state index in [-0.39, 0.29) is 36.4 Å².